The van der Waals surface area contributed by atoms with Crippen LogP contribution in [0.1, 0.15) is 46.0 Å². The maximum atomic E-state index is 11.5. The summed E-state index contributed by atoms with van der Waals surface area (Å²) in [5, 5.41) is 0. The fourth-order valence-corrected chi connectivity index (χ4v) is 1.62. The molecule has 0 bridgehead atoms. The van der Waals surface area contributed by atoms with E-state index >= 15 is 0 Å². The summed E-state index contributed by atoms with van der Waals surface area (Å²) in [5.74, 6) is 0. The van der Waals surface area contributed by atoms with Crippen LogP contribution in [0, 0.1) is 0 Å². The summed E-state index contributed by atoms with van der Waals surface area (Å²) >= 11 is 0. The van der Waals surface area contributed by atoms with Crippen LogP contribution in [0.15, 0.2) is 0 Å². The molecular formula is C11H21NO2. The van der Waals surface area contributed by atoms with Crippen LogP contribution < -0.4 is 0 Å². The monoisotopic (exact) mass is 199 g/mol. The Balaban J connectivity index is 2.25. The summed E-state index contributed by atoms with van der Waals surface area (Å²) in [6.45, 7) is 6.01. The number of hydrogen-bond acceptors (Lipinski definition) is 2. The van der Waals surface area contributed by atoms with Crippen molar-refractivity contribution in [3.8, 4) is 0 Å². The molecule has 0 saturated carbocycles. The first-order valence-corrected chi connectivity index (χ1v) is 5.73. The van der Waals surface area contributed by atoms with Gasteiger partial charge in [-0.3, -0.25) is 0 Å². The highest BCUT2D eigenvalue weighted by Crippen LogP contribution is 2.14. The van der Waals surface area contributed by atoms with E-state index in [2.05, 4.69) is 13.8 Å². The van der Waals surface area contributed by atoms with Gasteiger partial charge in [0.25, 0.3) is 0 Å². The van der Waals surface area contributed by atoms with E-state index in [1.807, 2.05) is 0 Å². The van der Waals surface area contributed by atoms with Crippen molar-refractivity contribution in [2.45, 2.75) is 52.1 Å². The molecule has 0 radical (unpaired) electrons. The molecule has 14 heavy (non-hydrogen) atoms. The van der Waals surface area contributed by atoms with E-state index in [1.54, 1.807) is 4.90 Å². The van der Waals surface area contributed by atoms with Gasteiger partial charge in [-0.2, -0.15) is 0 Å². The van der Waals surface area contributed by atoms with E-state index in [1.165, 1.54) is 0 Å². The van der Waals surface area contributed by atoms with Crippen molar-refractivity contribution in [3.63, 3.8) is 0 Å². The first-order chi connectivity index (χ1) is 6.77. The van der Waals surface area contributed by atoms with Gasteiger partial charge < -0.3 is 9.64 Å². The predicted molar refractivity (Wildman–Crippen MR) is 56.3 cm³/mol. The molecule has 1 fully saturated rings. The van der Waals surface area contributed by atoms with E-state index in [-0.39, 0.29) is 12.2 Å². The van der Waals surface area contributed by atoms with Gasteiger partial charge in [-0.25, -0.2) is 4.79 Å². The van der Waals surface area contributed by atoms with Gasteiger partial charge in [0.1, 0.15) is 6.10 Å². The number of ether oxygens (including phenoxy) is 1. The van der Waals surface area contributed by atoms with Gasteiger partial charge in [-0.1, -0.05) is 26.7 Å². The number of amides is 1. The molecule has 1 amide bonds. The minimum atomic E-state index is -0.108. The van der Waals surface area contributed by atoms with E-state index in [4.69, 9.17) is 4.74 Å². The van der Waals surface area contributed by atoms with E-state index < -0.39 is 0 Å². The summed E-state index contributed by atoms with van der Waals surface area (Å²) in [5.41, 5.74) is 0. The van der Waals surface area contributed by atoms with E-state index in [0.29, 0.717) is 0 Å². The van der Waals surface area contributed by atoms with Crippen molar-refractivity contribution in [2.24, 2.45) is 0 Å². The van der Waals surface area contributed by atoms with Crippen LogP contribution >= 0.6 is 0 Å². The molecule has 1 saturated heterocycles. The average molecular weight is 199 g/mol. The Morgan fingerprint density at radius 1 is 1.29 bits per heavy atom. The third-order valence-corrected chi connectivity index (χ3v) is 2.60. The lowest BCUT2D eigenvalue weighted by Crippen LogP contribution is -2.43. The number of nitrogens with zero attached hydrogens (tertiary/aromatic N) is 1. The standard InChI is InChI=1S/C11H21NO2/c1-3-6-10(7-4-2)14-11(13)12-8-5-9-12/h10H,3-9H2,1-2H3. The molecular weight excluding hydrogens is 178 g/mol. The van der Waals surface area contributed by atoms with Gasteiger partial charge in [0.05, 0.1) is 0 Å². The zero-order valence-electron chi connectivity index (χ0n) is 9.29. The molecule has 0 unspecified atom stereocenters. The van der Waals surface area contributed by atoms with Crippen molar-refractivity contribution in [3.05, 3.63) is 0 Å². The lowest BCUT2D eigenvalue weighted by molar-refractivity contribution is 0.0396. The Bertz CT molecular complexity index is 172. The van der Waals surface area contributed by atoms with Crippen LogP contribution in [0.4, 0.5) is 4.79 Å². The number of likely N-dealkylation sites (tertiary alicyclic amines) is 1. The second-order valence-electron chi connectivity index (χ2n) is 3.92. The summed E-state index contributed by atoms with van der Waals surface area (Å²) in [7, 11) is 0. The van der Waals surface area contributed by atoms with Crippen molar-refractivity contribution in [2.75, 3.05) is 13.1 Å². The minimum absolute atomic E-state index is 0.108. The molecule has 1 heterocycles. The Morgan fingerprint density at radius 2 is 1.86 bits per heavy atom. The molecule has 0 spiro atoms. The molecule has 0 aromatic rings. The highest BCUT2D eigenvalue weighted by atomic mass is 16.6. The molecule has 0 atom stereocenters. The normalized spacial score (nSPS) is 15.5. The molecule has 0 aromatic carbocycles. The second kappa shape index (κ2) is 5.89. The third-order valence-electron chi connectivity index (χ3n) is 2.60. The summed E-state index contributed by atoms with van der Waals surface area (Å²) < 4.78 is 5.42. The van der Waals surface area contributed by atoms with Gasteiger partial charge in [0, 0.05) is 13.1 Å². The fraction of sp³-hybridized carbons (Fsp3) is 0.909. The van der Waals surface area contributed by atoms with Crippen LogP contribution in [-0.2, 0) is 4.74 Å². The lowest BCUT2D eigenvalue weighted by Gasteiger charge is -2.31. The van der Waals surface area contributed by atoms with Gasteiger partial charge >= 0.3 is 6.09 Å². The number of rotatable bonds is 5. The first-order valence-electron chi connectivity index (χ1n) is 5.73. The van der Waals surface area contributed by atoms with Crippen LogP contribution in [0.2, 0.25) is 0 Å². The molecule has 1 aliphatic rings. The maximum Gasteiger partial charge on any atom is 0.410 e. The SMILES string of the molecule is CCCC(CCC)OC(=O)N1CCC1. The van der Waals surface area contributed by atoms with Crippen molar-refractivity contribution >= 4 is 6.09 Å². The lowest BCUT2D eigenvalue weighted by atomic mass is 10.1. The molecule has 3 nitrogen and oxygen atoms in total. The van der Waals surface area contributed by atoms with E-state index in [0.717, 1.165) is 45.2 Å². The largest absolute Gasteiger partial charge is 0.446 e. The summed E-state index contributed by atoms with van der Waals surface area (Å²) in [4.78, 5) is 13.3. The highest BCUT2D eigenvalue weighted by Gasteiger charge is 2.23. The molecule has 1 rings (SSSR count). The number of carbonyl (C=O) groups excluding carboxylic acids is 1. The van der Waals surface area contributed by atoms with Gasteiger partial charge in [0.2, 0.25) is 0 Å². The van der Waals surface area contributed by atoms with E-state index in [9.17, 15) is 4.79 Å². The van der Waals surface area contributed by atoms with Crippen molar-refractivity contribution in [1.82, 2.24) is 4.90 Å². The third kappa shape index (κ3) is 3.20. The van der Waals surface area contributed by atoms with Crippen LogP contribution in [-0.4, -0.2) is 30.2 Å². The first kappa shape index (κ1) is 11.3. The zero-order valence-corrected chi connectivity index (χ0v) is 9.29. The molecule has 1 aliphatic heterocycles. The van der Waals surface area contributed by atoms with Gasteiger partial charge in [-0.15, -0.1) is 0 Å². The number of carbonyl (C=O) groups is 1. The molecule has 0 aromatic heterocycles. The van der Waals surface area contributed by atoms with Crippen molar-refractivity contribution < 1.29 is 9.53 Å². The molecule has 0 N–H and O–H groups in total. The van der Waals surface area contributed by atoms with Gasteiger partial charge in [-0.05, 0) is 19.3 Å². The molecule has 3 heteroatoms. The Hall–Kier alpha value is -0.730. The Kier molecular flexibility index (Phi) is 4.77. The summed E-state index contributed by atoms with van der Waals surface area (Å²) in [6.07, 6.45) is 5.30. The van der Waals surface area contributed by atoms with Crippen molar-refractivity contribution in [1.29, 1.82) is 0 Å². The van der Waals surface area contributed by atoms with Gasteiger partial charge in [0.15, 0.2) is 0 Å². The molecule has 82 valence electrons. The number of hydrogen-bond donors (Lipinski definition) is 0. The maximum absolute atomic E-state index is 11.5. The van der Waals surface area contributed by atoms with Crippen LogP contribution in [0.3, 0.4) is 0 Å². The quantitative estimate of drug-likeness (QED) is 0.681. The van der Waals surface area contributed by atoms with Crippen LogP contribution in [0.5, 0.6) is 0 Å². The Morgan fingerprint density at radius 3 is 2.21 bits per heavy atom. The minimum Gasteiger partial charge on any atom is -0.446 e. The zero-order chi connectivity index (χ0) is 10.4. The fourth-order valence-electron chi connectivity index (χ4n) is 1.62. The van der Waals surface area contributed by atoms with Crippen LogP contribution in [0.25, 0.3) is 0 Å². The molecule has 0 aliphatic carbocycles. The topological polar surface area (TPSA) is 29.5 Å². The second-order valence-corrected chi connectivity index (χ2v) is 3.92. The Labute approximate surface area is 86.4 Å². The average Bonchev–Trinajstić information content (AvgIpc) is 2.01. The highest BCUT2D eigenvalue weighted by molar-refractivity contribution is 5.68. The smallest absolute Gasteiger partial charge is 0.410 e. The summed E-state index contributed by atoms with van der Waals surface area (Å²) in [6, 6.07) is 0. The predicted octanol–water partition coefficient (Wildman–Crippen LogP) is 2.80.